The van der Waals surface area contributed by atoms with E-state index in [1.165, 1.54) is 17.7 Å². The van der Waals surface area contributed by atoms with E-state index in [1.807, 2.05) is 24.3 Å². The highest BCUT2D eigenvalue weighted by Crippen LogP contribution is 2.29. The molecule has 6 heteroatoms. The van der Waals surface area contributed by atoms with Crippen molar-refractivity contribution in [3.05, 3.63) is 59.7 Å². The van der Waals surface area contributed by atoms with Crippen molar-refractivity contribution in [3.63, 3.8) is 0 Å². The maximum Gasteiger partial charge on any atom is 0.416 e. The second kappa shape index (κ2) is 7.00. The molecule has 0 radical (unpaired) electrons. The zero-order chi connectivity index (χ0) is 17.0. The van der Waals surface area contributed by atoms with E-state index in [-0.39, 0.29) is 0 Å². The first-order valence-corrected chi connectivity index (χ1v) is 7.52. The Morgan fingerprint density at radius 1 is 0.957 bits per heavy atom. The number of benzene rings is 2. The maximum atomic E-state index is 12.5. The van der Waals surface area contributed by atoms with Crippen LogP contribution in [0.1, 0.15) is 30.9 Å². The van der Waals surface area contributed by atoms with Gasteiger partial charge in [-0.1, -0.05) is 26.0 Å². The number of hydrogen-bond donors (Lipinski definition) is 2. The van der Waals surface area contributed by atoms with Crippen molar-refractivity contribution >= 4 is 28.7 Å². The van der Waals surface area contributed by atoms with E-state index < -0.39 is 11.7 Å². The minimum absolute atomic E-state index is 0.325. The highest BCUT2D eigenvalue weighted by atomic mass is 32.1. The molecule has 2 N–H and O–H groups in total. The van der Waals surface area contributed by atoms with Crippen LogP contribution in [0.5, 0.6) is 0 Å². The van der Waals surface area contributed by atoms with Gasteiger partial charge < -0.3 is 10.6 Å². The first-order chi connectivity index (χ1) is 10.8. The molecular formula is C17H17F3N2S. The van der Waals surface area contributed by atoms with Crippen molar-refractivity contribution in [2.75, 3.05) is 10.6 Å². The Bertz CT molecular complexity index is 679. The molecule has 0 heterocycles. The van der Waals surface area contributed by atoms with E-state index in [4.69, 9.17) is 12.2 Å². The quantitative estimate of drug-likeness (QED) is 0.709. The van der Waals surface area contributed by atoms with Crippen LogP contribution in [0.25, 0.3) is 0 Å². The van der Waals surface area contributed by atoms with Crippen LogP contribution in [0.4, 0.5) is 24.5 Å². The molecule has 2 aromatic rings. The number of hydrogen-bond acceptors (Lipinski definition) is 1. The van der Waals surface area contributed by atoms with Gasteiger partial charge in [0.1, 0.15) is 0 Å². The fourth-order valence-electron chi connectivity index (χ4n) is 2.01. The molecular weight excluding hydrogens is 321 g/mol. The first-order valence-electron chi connectivity index (χ1n) is 7.11. The standard InChI is InChI=1S/C17H17F3N2S/c1-11(2)12-4-3-5-15(10-12)22-16(23)21-14-8-6-13(7-9-14)17(18,19)20/h3-11H,1-2H3,(H2,21,22,23). The largest absolute Gasteiger partial charge is 0.416 e. The third-order valence-corrected chi connectivity index (χ3v) is 3.49. The molecule has 0 aliphatic rings. The van der Waals surface area contributed by atoms with Gasteiger partial charge in [0.2, 0.25) is 0 Å². The second-order valence-corrected chi connectivity index (χ2v) is 5.84. The molecule has 0 saturated carbocycles. The van der Waals surface area contributed by atoms with Gasteiger partial charge in [0, 0.05) is 11.4 Å². The van der Waals surface area contributed by atoms with Crippen molar-refractivity contribution in [1.82, 2.24) is 0 Å². The fraction of sp³-hybridized carbons (Fsp3) is 0.235. The highest BCUT2D eigenvalue weighted by Gasteiger charge is 2.29. The summed E-state index contributed by atoms with van der Waals surface area (Å²) in [6, 6.07) is 12.6. The molecule has 0 amide bonds. The average Bonchev–Trinajstić information content (AvgIpc) is 2.47. The highest BCUT2D eigenvalue weighted by molar-refractivity contribution is 7.80. The van der Waals surface area contributed by atoms with Crippen LogP contribution in [0, 0.1) is 0 Å². The molecule has 0 aliphatic heterocycles. The van der Waals surface area contributed by atoms with Crippen LogP contribution in [0.2, 0.25) is 0 Å². The second-order valence-electron chi connectivity index (χ2n) is 5.43. The van der Waals surface area contributed by atoms with Gasteiger partial charge in [-0.2, -0.15) is 13.2 Å². The van der Waals surface area contributed by atoms with E-state index in [2.05, 4.69) is 24.5 Å². The molecule has 122 valence electrons. The summed E-state index contributed by atoms with van der Waals surface area (Å²) in [6.07, 6.45) is -4.34. The predicted molar refractivity (Wildman–Crippen MR) is 91.8 cm³/mol. The lowest BCUT2D eigenvalue weighted by Crippen LogP contribution is -2.19. The number of rotatable bonds is 3. The third-order valence-electron chi connectivity index (χ3n) is 3.28. The Balaban J connectivity index is 2.01. The number of thiocarbonyl (C=S) groups is 1. The van der Waals surface area contributed by atoms with Gasteiger partial charge in [-0.15, -0.1) is 0 Å². The molecule has 0 fully saturated rings. The van der Waals surface area contributed by atoms with Crippen LogP contribution >= 0.6 is 12.2 Å². The molecule has 0 atom stereocenters. The normalized spacial score (nSPS) is 11.4. The smallest absolute Gasteiger partial charge is 0.332 e. The number of halogens is 3. The topological polar surface area (TPSA) is 24.1 Å². The van der Waals surface area contributed by atoms with E-state index in [9.17, 15) is 13.2 Å². The minimum Gasteiger partial charge on any atom is -0.332 e. The summed E-state index contributed by atoms with van der Waals surface area (Å²) in [4.78, 5) is 0. The molecule has 0 saturated heterocycles. The van der Waals surface area contributed by atoms with Crippen LogP contribution < -0.4 is 10.6 Å². The van der Waals surface area contributed by atoms with Crippen molar-refractivity contribution in [3.8, 4) is 0 Å². The van der Waals surface area contributed by atoms with Crippen molar-refractivity contribution in [2.24, 2.45) is 0 Å². The summed E-state index contributed by atoms with van der Waals surface area (Å²) in [5.41, 5.74) is 1.81. The SMILES string of the molecule is CC(C)c1cccc(NC(=S)Nc2ccc(C(F)(F)F)cc2)c1. The van der Waals surface area contributed by atoms with Crippen LogP contribution in [0.15, 0.2) is 48.5 Å². The molecule has 2 nitrogen and oxygen atoms in total. The maximum absolute atomic E-state index is 12.5. The van der Waals surface area contributed by atoms with Gasteiger partial charge in [0.25, 0.3) is 0 Å². The van der Waals surface area contributed by atoms with E-state index in [1.54, 1.807) is 0 Å². The van der Waals surface area contributed by atoms with Gasteiger partial charge in [-0.05, 0) is 60.1 Å². The third kappa shape index (κ3) is 4.96. The summed E-state index contributed by atoms with van der Waals surface area (Å²) in [5, 5.41) is 6.22. The van der Waals surface area contributed by atoms with Crippen LogP contribution in [-0.2, 0) is 6.18 Å². The van der Waals surface area contributed by atoms with Gasteiger partial charge in [0.15, 0.2) is 5.11 Å². The fourth-order valence-corrected chi connectivity index (χ4v) is 2.25. The predicted octanol–water partition coefficient (Wildman–Crippen LogP) is 5.64. The molecule has 2 rings (SSSR count). The summed E-state index contributed by atoms with van der Waals surface area (Å²) in [6.45, 7) is 4.19. The molecule has 0 unspecified atom stereocenters. The van der Waals surface area contributed by atoms with Gasteiger partial charge in [-0.25, -0.2) is 0 Å². The lowest BCUT2D eigenvalue weighted by molar-refractivity contribution is -0.137. The zero-order valence-electron chi connectivity index (χ0n) is 12.7. The Hall–Kier alpha value is -2.08. The van der Waals surface area contributed by atoms with Crippen molar-refractivity contribution in [2.45, 2.75) is 25.9 Å². The van der Waals surface area contributed by atoms with Crippen LogP contribution in [-0.4, -0.2) is 5.11 Å². The summed E-state index contributed by atoms with van der Waals surface area (Å²) in [7, 11) is 0. The molecule has 0 aromatic heterocycles. The van der Waals surface area contributed by atoms with E-state index >= 15 is 0 Å². The minimum atomic E-state index is -4.34. The van der Waals surface area contributed by atoms with Crippen molar-refractivity contribution in [1.29, 1.82) is 0 Å². The number of anilines is 2. The van der Waals surface area contributed by atoms with Gasteiger partial charge in [-0.3, -0.25) is 0 Å². The van der Waals surface area contributed by atoms with Crippen molar-refractivity contribution < 1.29 is 13.2 Å². The zero-order valence-corrected chi connectivity index (χ0v) is 13.6. The number of nitrogens with one attached hydrogen (secondary N) is 2. The Morgan fingerprint density at radius 3 is 2.13 bits per heavy atom. The average molecular weight is 338 g/mol. The van der Waals surface area contributed by atoms with Crippen LogP contribution in [0.3, 0.4) is 0 Å². The molecule has 0 spiro atoms. The summed E-state index contributed by atoms with van der Waals surface area (Å²) in [5.74, 6) is 0.396. The molecule has 0 aliphatic carbocycles. The Labute approximate surface area is 138 Å². The number of alkyl halides is 3. The molecule has 2 aromatic carbocycles. The summed E-state index contributed by atoms with van der Waals surface area (Å²) >= 11 is 5.19. The summed E-state index contributed by atoms with van der Waals surface area (Å²) < 4.78 is 37.5. The van der Waals surface area contributed by atoms with E-state index in [0.717, 1.165) is 17.8 Å². The molecule has 23 heavy (non-hydrogen) atoms. The lowest BCUT2D eigenvalue weighted by Gasteiger charge is -2.13. The van der Waals surface area contributed by atoms with Gasteiger partial charge >= 0.3 is 6.18 Å². The monoisotopic (exact) mass is 338 g/mol. The Kier molecular flexibility index (Phi) is 5.26. The van der Waals surface area contributed by atoms with Gasteiger partial charge in [0.05, 0.1) is 5.56 Å². The molecule has 0 bridgehead atoms. The lowest BCUT2D eigenvalue weighted by atomic mass is 10.0. The first kappa shape index (κ1) is 17.3. The Morgan fingerprint density at radius 2 is 1.57 bits per heavy atom. The van der Waals surface area contributed by atoms with E-state index in [0.29, 0.717) is 16.7 Å².